The average molecular weight is 263 g/mol. The summed E-state index contributed by atoms with van der Waals surface area (Å²) in [6.07, 6.45) is -11.0. The first-order valence-corrected chi connectivity index (χ1v) is 4.84. The van der Waals surface area contributed by atoms with Gasteiger partial charge in [-0.15, -0.1) is 0 Å². The van der Waals surface area contributed by atoms with E-state index < -0.39 is 55.1 Å². The first-order chi connectivity index (χ1) is 10.3. The largest absolute Gasteiger partial charge is 0.394 e. The molecule has 2 heterocycles. The van der Waals surface area contributed by atoms with Crippen molar-refractivity contribution in [2.75, 3.05) is 6.56 Å². The van der Waals surface area contributed by atoms with Crippen LogP contribution in [0.3, 0.4) is 0 Å². The predicted octanol–water partition coefficient (Wildman–Crippen LogP) is -3.47. The lowest BCUT2D eigenvalue weighted by molar-refractivity contribution is -0.0270. The maximum atomic E-state index is 11.7. The van der Waals surface area contributed by atoms with Crippen molar-refractivity contribution in [3.63, 3.8) is 0 Å². The third-order valence-corrected chi connectivity index (χ3v) is 2.35. The lowest BCUT2D eigenvalue weighted by Gasteiger charge is -2.15. The van der Waals surface area contributed by atoms with Crippen molar-refractivity contribution in [2.45, 2.75) is 30.9 Å². The number of ether oxygens (including phenoxy) is 1. The van der Waals surface area contributed by atoms with Gasteiger partial charge in [0.1, 0.15) is 32.0 Å². The zero-order valence-corrected chi connectivity index (χ0v) is 8.91. The predicted molar refractivity (Wildman–Crippen MR) is 56.5 cm³/mol. The molecule has 1 aliphatic heterocycles. The number of hydrogen-bond donors (Lipinski definition) is 5. The smallest absolute Gasteiger partial charge is 0.329 e. The number of rotatable bonds is 3. The van der Waals surface area contributed by atoms with Crippen molar-refractivity contribution in [2.24, 2.45) is 0 Å². The van der Waals surface area contributed by atoms with Gasteiger partial charge in [-0.1, -0.05) is 0 Å². The van der Waals surface area contributed by atoms with Crippen LogP contribution in [-0.2, 0) is 11.3 Å². The van der Waals surface area contributed by atoms with Gasteiger partial charge in [0.15, 0.2) is 0 Å². The Morgan fingerprint density at radius 3 is 3.06 bits per heavy atom. The Morgan fingerprint density at radius 2 is 2.50 bits per heavy atom. The summed E-state index contributed by atoms with van der Waals surface area (Å²) in [5.41, 5.74) is -1.54. The summed E-state index contributed by atoms with van der Waals surface area (Å²) < 4.78 is 42.4. The third-order valence-electron chi connectivity index (χ3n) is 2.35. The first kappa shape index (κ1) is 7.79. The van der Waals surface area contributed by atoms with E-state index in [2.05, 4.69) is 4.98 Å². The second kappa shape index (κ2) is 4.98. The molecule has 9 nitrogen and oxygen atoms in total. The van der Waals surface area contributed by atoms with Crippen LogP contribution in [-0.4, -0.2) is 60.8 Å². The molecule has 0 aliphatic carbocycles. The van der Waals surface area contributed by atoms with Gasteiger partial charge in [-0.25, -0.2) is 9.78 Å². The number of hydrogen-bond acceptors (Lipinski definition) is 7. The highest BCUT2D eigenvalue weighted by atomic mass is 16.6. The molecule has 1 aromatic rings. The molecule has 9 heteroatoms. The molecule has 0 amide bonds. The molecule has 4 atom stereocenters. The first-order valence-electron chi connectivity index (χ1n) is 7.34. The second-order valence-corrected chi connectivity index (χ2v) is 3.53. The normalized spacial score (nSPS) is 44.7. The van der Waals surface area contributed by atoms with Gasteiger partial charge in [0.25, 0.3) is 0 Å². The summed E-state index contributed by atoms with van der Waals surface area (Å²) in [4.78, 5) is 17.0. The number of aliphatic hydroxyl groups excluding tert-OH is 1. The van der Waals surface area contributed by atoms with E-state index in [0.717, 1.165) is 0 Å². The van der Waals surface area contributed by atoms with E-state index in [1.165, 1.54) is 0 Å². The van der Waals surface area contributed by atoms with Crippen LogP contribution >= 0.6 is 0 Å². The van der Waals surface area contributed by atoms with Crippen LogP contribution in [0, 0.1) is 5.41 Å². The Morgan fingerprint density at radius 1 is 1.78 bits per heavy atom. The van der Waals surface area contributed by atoms with Crippen molar-refractivity contribution in [3.05, 3.63) is 22.4 Å². The van der Waals surface area contributed by atoms with Gasteiger partial charge in [-0.2, -0.15) is 0 Å². The molecule has 2 rings (SSSR count). The monoisotopic (exact) mass is 263 g/mol. The lowest BCUT2D eigenvalue weighted by atomic mass is 10.1. The highest BCUT2D eigenvalue weighted by Gasteiger charge is 2.42. The van der Waals surface area contributed by atoms with E-state index in [0.29, 0.717) is 4.57 Å². The Hall–Kier alpha value is -1.55. The molecule has 1 aromatic heterocycles. The third kappa shape index (κ3) is 2.34. The number of nitrogens with one attached hydrogen (secondary N) is 2. The number of H-pyrrole nitrogens is 1. The minimum Gasteiger partial charge on any atom is -0.394 e. The van der Waals surface area contributed by atoms with Crippen LogP contribution in [0.25, 0.3) is 0 Å². The van der Waals surface area contributed by atoms with Crippen molar-refractivity contribution in [1.29, 1.82) is 5.41 Å². The molecule has 0 spiro atoms. The van der Waals surface area contributed by atoms with E-state index >= 15 is 0 Å². The molecule has 1 fully saturated rings. The van der Waals surface area contributed by atoms with E-state index in [1.807, 2.05) is 4.98 Å². The van der Waals surface area contributed by atoms with Crippen molar-refractivity contribution >= 4 is 0 Å². The number of aromatic amines is 1. The van der Waals surface area contributed by atoms with Crippen LogP contribution in [0.4, 0.5) is 0 Å². The molecule has 1 unspecified atom stereocenters. The molecule has 1 saturated heterocycles. The van der Waals surface area contributed by atoms with Gasteiger partial charge in [0, 0.05) is 0 Å². The molecule has 18 heavy (non-hydrogen) atoms. The topological polar surface area (TPSA) is 144 Å². The zero-order chi connectivity index (χ0) is 17.8. The number of aromatic nitrogens is 3. The van der Waals surface area contributed by atoms with Crippen LogP contribution in [0.2, 0.25) is 0 Å². The molecule has 100 valence electrons. The molecule has 5 N–H and O–H groups in total. The highest BCUT2D eigenvalue weighted by Crippen LogP contribution is 2.21. The Balaban J connectivity index is 2.41. The van der Waals surface area contributed by atoms with Crippen LogP contribution in [0.5, 0.6) is 0 Å². The maximum absolute atomic E-state index is 11.7. The summed E-state index contributed by atoms with van der Waals surface area (Å²) >= 11 is 0. The van der Waals surface area contributed by atoms with E-state index in [-0.39, 0.29) is 0 Å². The molecule has 0 saturated carbocycles. The van der Waals surface area contributed by atoms with Crippen LogP contribution in [0.1, 0.15) is 6.85 Å². The van der Waals surface area contributed by atoms with Gasteiger partial charge in [0.05, 0.1) is 18.6 Å². The fourth-order valence-corrected chi connectivity index (χ4v) is 1.46. The summed E-state index contributed by atoms with van der Waals surface area (Å²) in [6, 6.07) is 0. The Bertz CT molecular complexity index is 730. The maximum Gasteiger partial charge on any atom is 0.329 e. The van der Waals surface area contributed by atoms with E-state index in [4.69, 9.17) is 17.0 Å². The van der Waals surface area contributed by atoms with Gasteiger partial charge in [-0.3, -0.25) is 15.0 Å². The minimum atomic E-state index is -3.50. The summed E-state index contributed by atoms with van der Waals surface area (Å²) in [6.45, 7) is -4.16. The Labute approximate surface area is 108 Å². The molecular weight excluding hydrogens is 244 g/mol. The van der Waals surface area contributed by atoms with E-state index in [1.54, 1.807) is 0 Å². The summed E-state index contributed by atoms with van der Waals surface area (Å²) in [5.74, 6) is 0. The molecule has 0 bridgehead atoms. The van der Waals surface area contributed by atoms with Crippen molar-refractivity contribution in [1.82, 2.24) is 14.5 Å². The van der Waals surface area contributed by atoms with Gasteiger partial charge >= 0.3 is 5.69 Å². The summed E-state index contributed by atoms with van der Waals surface area (Å²) in [5, 5.41) is 36.3. The zero-order valence-electron chi connectivity index (χ0n) is 13.9. The average Bonchev–Trinajstić information content (AvgIpc) is 2.55. The molecule has 0 radical (unpaired) electrons. The second-order valence-electron chi connectivity index (χ2n) is 3.53. The number of aliphatic hydroxyl groups is 3. The SMILES string of the molecule is [2H]c1nc(=N)[nH]c(=O)n1C[C@@H]1O[C@]([2H])(C([2H])([2H])O)C([2H])(O)[C@@H]1O. The van der Waals surface area contributed by atoms with Crippen LogP contribution in [0.15, 0.2) is 11.1 Å². The number of nitrogens with zero attached hydrogens (tertiary/aromatic N) is 2. The minimum absolute atomic E-state index is 0.581. The molecule has 1 aliphatic rings. The fourth-order valence-electron chi connectivity index (χ4n) is 1.46. The Kier molecular flexibility index (Phi) is 2.16. The summed E-state index contributed by atoms with van der Waals surface area (Å²) in [7, 11) is 0. The molecular formula is C9H14N4O5. The molecule has 0 aromatic carbocycles. The quantitative estimate of drug-likeness (QED) is 0.383. The highest BCUT2D eigenvalue weighted by molar-refractivity contribution is 4.90. The lowest BCUT2D eigenvalue weighted by Crippen LogP contribution is -2.39. The van der Waals surface area contributed by atoms with Crippen LogP contribution < -0.4 is 11.3 Å². The van der Waals surface area contributed by atoms with Crippen molar-refractivity contribution in [3.8, 4) is 0 Å². The van der Waals surface area contributed by atoms with Gasteiger partial charge in [0.2, 0.25) is 5.62 Å². The van der Waals surface area contributed by atoms with E-state index in [9.17, 15) is 20.1 Å². The standard InChI is InChI=1S/C9H14N4O5/c10-8-11-3-13(9(17)12-8)1-4-6(15)7(16)5(2-14)18-4/h3-7,14-16H,1-2H2,(H2,10,12,17)/t4-,5+,6+,7?/m0/s1/i2D2,3D,5D,7D. The van der Waals surface area contributed by atoms with Crippen molar-refractivity contribution < 1.29 is 26.9 Å². The van der Waals surface area contributed by atoms with Gasteiger partial charge in [-0.05, 0) is 0 Å². The van der Waals surface area contributed by atoms with Gasteiger partial charge < -0.3 is 20.1 Å². The fraction of sp³-hybridized carbons (Fsp3) is 0.667.